The normalized spacial score (nSPS) is 16.9. The second kappa shape index (κ2) is 6.34. The summed E-state index contributed by atoms with van der Waals surface area (Å²) in [6.45, 7) is 9.48. The fraction of sp³-hybridized carbons (Fsp3) is 0.625. The molecule has 0 unspecified atom stereocenters. The van der Waals surface area contributed by atoms with E-state index in [4.69, 9.17) is 4.74 Å². The topological polar surface area (TPSA) is 42.4 Å². The van der Waals surface area contributed by atoms with E-state index in [1.54, 1.807) is 0 Å². The molecule has 1 aliphatic rings. The molecular weight excluding hydrogens is 332 g/mol. The maximum atomic E-state index is 12.1. The van der Waals surface area contributed by atoms with Crippen molar-refractivity contribution in [3.63, 3.8) is 0 Å². The zero-order chi connectivity index (χ0) is 15.6. The Kier molecular flexibility index (Phi) is 4.91. The van der Waals surface area contributed by atoms with Crippen LogP contribution in [0.25, 0.3) is 0 Å². The van der Waals surface area contributed by atoms with E-state index in [0.717, 1.165) is 36.2 Å². The van der Waals surface area contributed by atoms with E-state index in [1.165, 1.54) is 5.56 Å². The molecule has 21 heavy (non-hydrogen) atoms. The molecule has 1 fully saturated rings. The standard InChI is InChI=1S/C16H23BrN2O2/c1-11-9-14(18-10-13(11)17)19-7-5-12(6-8-19)15(20)21-16(2,3)4/h9-10,12H,5-8H2,1-4H3. The minimum absolute atomic E-state index is 0.0111. The Morgan fingerprint density at radius 1 is 1.38 bits per heavy atom. The largest absolute Gasteiger partial charge is 0.460 e. The van der Waals surface area contributed by atoms with E-state index in [-0.39, 0.29) is 11.9 Å². The predicted molar refractivity (Wildman–Crippen MR) is 87.5 cm³/mol. The van der Waals surface area contributed by atoms with Gasteiger partial charge in [-0.2, -0.15) is 0 Å². The Morgan fingerprint density at radius 2 is 2.00 bits per heavy atom. The highest BCUT2D eigenvalue weighted by molar-refractivity contribution is 9.10. The molecule has 2 heterocycles. The molecule has 0 bridgehead atoms. The lowest BCUT2D eigenvalue weighted by molar-refractivity contribution is -0.160. The predicted octanol–water partition coefficient (Wildman–Crippen LogP) is 3.71. The summed E-state index contributed by atoms with van der Waals surface area (Å²) in [6.07, 6.45) is 3.49. The number of rotatable bonds is 2. The molecule has 0 N–H and O–H groups in total. The summed E-state index contributed by atoms with van der Waals surface area (Å²) in [5, 5.41) is 0. The second-order valence-electron chi connectivity index (χ2n) is 6.59. The number of nitrogens with zero attached hydrogens (tertiary/aromatic N) is 2. The highest BCUT2D eigenvalue weighted by Gasteiger charge is 2.29. The number of hydrogen-bond donors (Lipinski definition) is 0. The Balaban J connectivity index is 1.94. The van der Waals surface area contributed by atoms with Crippen molar-refractivity contribution in [2.45, 2.75) is 46.1 Å². The van der Waals surface area contributed by atoms with Gasteiger partial charge in [-0.25, -0.2) is 4.98 Å². The van der Waals surface area contributed by atoms with Crippen LogP contribution in [0.15, 0.2) is 16.7 Å². The van der Waals surface area contributed by atoms with Gasteiger partial charge in [-0.3, -0.25) is 4.79 Å². The number of piperidine rings is 1. The van der Waals surface area contributed by atoms with Crippen molar-refractivity contribution in [3.8, 4) is 0 Å². The van der Waals surface area contributed by atoms with Crippen molar-refractivity contribution >= 4 is 27.7 Å². The summed E-state index contributed by atoms with van der Waals surface area (Å²) in [5.74, 6) is 0.928. The molecule has 0 aliphatic carbocycles. The minimum atomic E-state index is -0.404. The van der Waals surface area contributed by atoms with E-state index in [1.807, 2.05) is 27.0 Å². The number of hydrogen-bond acceptors (Lipinski definition) is 4. The second-order valence-corrected chi connectivity index (χ2v) is 7.44. The Hall–Kier alpha value is -1.10. The molecule has 0 saturated carbocycles. The molecule has 1 saturated heterocycles. The third-order valence-corrected chi connectivity index (χ3v) is 4.42. The first-order chi connectivity index (χ1) is 9.76. The maximum absolute atomic E-state index is 12.1. The number of ether oxygens (including phenoxy) is 1. The van der Waals surface area contributed by atoms with Crippen LogP contribution < -0.4 is 4.90 Å². The first-order valence-corrected chi connectivity index (χ1v) is 8.15. The van der Waals surface area contributed by atoms with Gasteiger partial charge < -0.3 is 9.64 Å². The zero-order valence-corrected chi connectivity index (χ0v) is 14.7. The molecule has 1 aliphatic heterocycles. The van der Waals surface area contributed by atoms with E-state index < -0.39 is 5.60 Å². The lowest BCUT2D eigenvalue weighted by Crippen LogP contribution is -2.39. The smallest absolute Gasteiger partial charge is 0.309 e. The van der Waals surface area contributed by atoms with Crippen molar-refractivity contribution in [2.24, 2.45) is 5.92 Å². The van der Waals surface area contributed by atoms with Crippen molar-refractivity contribution in [1.29, 1.82) is 0 Å². The summed E-state index contributed by atoms with van der Waals surface area (Å²) in [4.78, 5) is 18.8. The molecule has 1 aromatic rings. The molecule has 0 aromatic carbocycles. The van der Waals surface area contributed by atoms with Crippen LogP contribution >= 0.6 is 15.9 Å². The fourth-order valence-electron chi connectivity index (χ4n) is 2.43. The summed E-state index contributed by atoms with van der Waals surface area (Å²) < 4.78 is 6.50. The third-order valence-electron chi connectivity index (χ3n) is 3.59. The lowest BCUT2D eigenvalue weighted by Gasteiger charge is -2.33. The Morgan fingerprint density at radius 3 is 2.52 bits per heavy atom. The number of halogens is 1. The van der Waals surface area contributed by atoms with Gasteiger partial charge in [0.2, 0.25) is 0 Å². The van der Waals surface area contributed by atoms with Crippen molar-refractivity contribution in [3.05, 3.63) is 22.3 Å². The molecule has 4 nitrogen and oxygen atoms in total. The quantitative estimate of drug-likeness (QED) is 0.759. The molecular formula is C16H23BrN2O2. The van der Waals surface area contributed by atoms with Crippen molar-refractivity contribution in [2.75, 3.05) is 18.0 Å². The summed E-state index contributed by atoms with van der Waals surface area (Å²) >= 11 is 3.47. The van der Waals surface area contributed by atoms with E-state index >= 15 is 0 Å². The van der Waals surface area contributed by atoms with Crippen molar-refractivity contribution < 1.29 is 9.53 Å². The number of anilines is 1. The molecule has 0 spiro atoms. The Labute approximate surface area is 135 Å². The van der Waals surface area contributed by atoms with Gasteiger partial charge in [0.05, 0.1) is 5.92 Å². The van der Waals surface area contributed by atoms with Crippen molar-refractivity contribution in [1.82, 2.24) is 4.98 Å². The van der Waals surface area contributed by atoms with Gasteiger partial charge in [-0.05, 0) is 68.1 Å². The first kappa shape index (κ1) is 16.3. The number of carbonyl (C=O) groups excluding carboxylic acids is 1. The van der Waals surface area contributed by atoms with Crippen LogP contribution in [0, 0.1) is 12.8 Å². The zero-order valence-electron chi connectivity index (χ0n) is 13.1. The number of aryl methyl sites for hydroxylation is 1. The SMILES string of the molecule is Cc1cc(N2CCC(C(=O)OC(C)(C)C)CC2)ncc1Br. The molecule has 0 atom stereocenters. The average Bonchev–Trinajstić information content (AvgIpc) is 2.40. The first-order valence-electron chi connectivity index (χ1n) is 7.36. The van der Waals surface area contributed by atoms with Crippen LogP contribution in [0.2, 0.25) is 0 Å². The summed E-state index contributed by atoms with van der Waals surface area (Å²) in [5.41, 5.74) is 0.771. The number of aromatic nitrogens is 1. The molecule has 1 aromatic heterocycles. The van der Waals surface area contributed by atoms with E-state index in [2.05, 4.69) is 38.8 Å². The van der Waals surface area contributed by atoms with Gasteiger partial charge in [-0.1, -0.05) is 0 Å². The lowest BCUT2D eigenvalue weighted by atomic mass is 9.96. The van der Waals surface area contributed by atoms with Gasteiger partial charge in [0.25, 0.3) is 0 Å². The number of pyridine rings is 1. The van der Waals surface area contributed by atoms with Crippen LogP contribution in [0.4, 0.5) is 5.82 Å². The van der Waals surface area contributed by atoms with Crippen LogP contribution in [-0.4, -0.2) is 29.6 Å². The van der Waals surface area contributed by atoms with Crippen LogP contribution in [0.3, 0.4) is 0 Å². The number of esters is 1. The van der Waals surface area contributed by atoms with Crippen LogP contribution in [0.5, 0.6) is 0 Å². The van der Waals surface area contributed by atoms with Gasteiger partial charge >= 0.3 is 5.97 Å². The van der Waals surface area contributed by atoms with E-state index in [9.17, 15) is 4.79 Å². The fourth-order valence-corrected chi connectivity index (χ4v) is 2.64. The average molecular weight is 355 g/mol. The molecule has 0 radical (unpaired) electrons. The van der Waals surface area contributed by atoms with Crippen LogP contribution in [0.1, 0.15) is 39.2 Å². The third kappa shape index (κ3) is 4.43. The highest BCUT2D eigenvalue weighted by atomic mass is 79.9. The number of carbonyl (C=O) groups is 1. The van der Waals surface area contributed by atoms with Crippen LogP contribution in [-0.2, 0) is 9.53 Å². The highest BCUT2D eigenvalue weighted by Crippen LogP contribution is 2.26. The van der Waals surface area contributed by atoms with Gasteiger partial charge in [-0.15, -0.1) is 0 Å². The minimum Gasteiger partial charge on any atom is -0.460 e. The molecule has 116 valence electrons. The monoisotopic (exact) mass is 354 g/mol. The van der Waals surface area contributed by atoms with Gasteiger partial charge in [0.1, 0.15) is 11.4 Å². The maximum Gasteiger partial charge on any atom is 0.309 e. The summed E-state index contributed by atoms with van der Waals surface area (Å²) in [6, 6.07) is 2.08. The Bertz CT molecular complexity index is 517. The van der Waals surface area contributed by atoms with Gasteiger partial charge in [0.15, 0.2) is 0 Å². The van der Waals surface area contributed by atoms with Gasteiger partial charge in [0, 0.05) is 23.8 Å². The molecule has 5 heteroatoms. The van der Waals surface area contributed by atoms with E-state index in [0.29, 0.717) is 0 Å². The molecule has 2 rings (SSSR count). The summed E-state index contributed by atoms with van der Waals surface area (Å²) in [7, 11) is 0. The molecule has 0 amide bonds.